The van der Waals surface area contributed by atoms with Gasteiger partial charge in [-0.1, -0.05) is 36.0 Å². The highest BCUT2D eigenvalue weighted by Crippen LogP contribution is 2.27. The highest BCUT2D eigenvalue weighted by Gasteiger charge is 2.28. The predicted octanol–water partition coefficient (Wildman–Crippen LogP) is 2.41. The van der Waals surface area contributed by atoms with Crippen LogP contribution in [0.15, 0.2) is 28.6 Å². The number of nitrogens with one attached hydrogen (secondary N) is 1. The number of hydrogen-bond acceptors (Lipinski definition) is 6. The molecule has 23 heavy (non-hydrogen) atoms. The fourth-order valence-electron chi connectivity index (χ4n) is 1.87. The van der Waals surface area contributed by atoms with Crippen molar-refractivity contribution in [1.82, 2.24) is 10.2 Å². The van der Waals surface area contributed by atoms with Gasteiger partial charge in [-0.15, -0.1) is 10.2 Å². The molecule has 7 nitrogen and oxygen atoms in total. The molecule has 0 spiro atoms. The van der Waals surface area contributed by atoms with Crippen molar-refractivity contribution >= 4 is 38.1 Å². The number of nitrogens with zero attached hydrogens (tertiary/aromatic N) is 3. The summed E-state index contributed by atoms with van der Waals surface area (Å²) < 4.78 is 26.6. The molecule has 1 N–H and O–H groups in total. The summed E-state index contributed by atoms with van der Waals surface area (Å²) in [7, 11) is -3.81. The van der Waals surface area contributed by atoms with Crippen molar-refractivity contribution in [3.63, 3.8) is 0 Å². The van der Waals surface area contributed by atoms with Crippen LogP contribution in [0.3, 0.4) is 0 Å². The maximum Gasteiger partial charge on any atom is 0.293 e. The van der Waals surface area contributed by atoms with Gasteiger partial charge in [-0.05, 0) is 26.0 Å². The summed E-state index contributed by atoms with van der Waals surface area (Å²) in [6, 6.07) is 7.19. The molecule has 0 fully saturated rings. The first kappa shape index (κ1) is 17.4. The minimum atomic E-state index is -3.81. The van der Waals surface area contributed by atoms with Crippen LogP contribution < -0.4 is 9.62 Å². The van der Waals surface area contributed by atoms with E-state index < -0.39 is 10.0 Å². The number of anilines is 2. The summed E-state index contributed by atoms with van der Waals surface area (Å²) in [5.74, 6) is -0.240. The molecule has 0 aliphatic heterocycles. The third-order valence-electron chi connectivity index (χ3n) is 3.09. The molecule has 1 aromatic heterocycles. The van der Waals surface area contributed by atoms with Crippen LogP contribution >= 0.6 is 11.3 Å². The van der Waals surface area contributed by atoms with E-state index in [1.807, 2.05) is 19.1 Å². The van der Waals surface area contributed by atoms with E-state index in [2.05, 4.69) is 15.5 Å². The fourth-order valence-corrected chi connectivity index (χ4v) is 4.36. The molecule has 1 amide bonds. The van der Waals surface area contributed by atoms with E-state index >= 15 is 0 Å². The van der Waals surface area contributed by atoms with Gasteiger partial charge < -0.3 is 5.32 Å². The second-order valence-electron chi connectivity index (χ2n) is 4.78. The smallest absolute Gasteiger partial charge is 0.293 e. The highest BCUT2D eigenvalue weighted by molar-refractivity contribution is 7.94. The van der Waals surface area contributed by atoms with Gasteiger partial charge in [0.15, 0.2) is 0 Å². The predicted molar refractivity (Wildman–Crippen MR) is 90.2 cm³/mol. The summed E-state index contributed by atoms with van der Waals surface area (Å²) in [5, 5.41) is 10.1. The Morgan fingerprint density at radius 2 is 1.87 bits per heavy atom. The number of carbonyl (C=O) groups is 1. The van der Waals surface area contributed by atoms with Crippen LogP contribution in [-0.4, -0.2) is 31.1 Å². The summed E-state index contributed by atoms with van der Waals surface area (Å²) in [5.41, 5.74) is 1.61. The third kappa shape index (κ3) is 3.85. The molecule has 0 atom stereocenters. The zero-order chi connectivity index (χ0) is 17.0. The molecule has 0 saturated heterocycles. The third-order valence-corrected chi connectivity index (χ3v) is 6.18. The first-order chi connectivity index (χ1) is 10.9. The fraction of sp³-hybridized carbons (Fsp3) is 0.357. The first-order valence-corrected chi connectivity index (χ1v) is 9.37. The molecule has 0 unspecified atom stereocenters. The first-order valence-electron chi connectivity index (χ1n) is 7.11. The molecule has 0 aliphatic rings. The van der Waals surface area contributed by atoms with Crippen molar-refractivity contribution in [2.45, 2.75) is 31.5 Å². The molecule has 2 aromatic rings. The van der Waals surface area contributed by atoms with Crippen LogP contribution in [0, 0.1) is 6.92 Å². The molecule has 0 aliphatic carbocycles. The van der Waals surface area contributed by atoms with Gasteiger partial charge in [0, 0.05) is 13.0 Å². The lowest BCUT2D eigenvalue weighted by molar-refractivity contribution is -0.115. The maximum atomic E-state index is 12.7. The molecule has 0 bridgehead atoms. The van der Waals surface area contributed by atoms with Crippen molar-refractivity contribution in [3.8, 4) is 0 Å². The summed E-state index contributed by atoms with van der Waals surface area (Å²) in [6.07, 6.45) is 0.284. The quantitative estimate of drug-likeness (QED) is 0.804. The molecule has 1 heterocycles. The molecule has 1 aromatic carbocycles. The Bertz CT molecular complexity index is 785. The Hall–Kier alpha value is -2.00. The zero-order valence-corrected chi connectivity index (χ0v) is 14.7. The van der Waals surface area contributed by atoms with E-state index in [-0.39, 0.29) is 28.3 Å². The van der Waals surface area contributed by atoms with Gasteiger partial charge in [0.25, 0.3) is 14.4 Å². The Labute approximate surface area is 139 Å². The minimum absolute atomic E-state index is 0.147. The number of rotatable bonds is 6. The van der Waals surface area contributed by atoms with Gasteiger partial charge in [-0.3, -0.25) is 9.10 Å². The molecule has 2 rings (SSSR count). The van der Waals surface area contributed by atoms with Crippen LogP contribution in [-0.2, 0) is 14.8 Å². The van der Waals surface area contributed by atoms with Gasteiger partial charge in [-0.25, -0.2) is 0 Å². The van der Waals surface area contributed by atoms with Crippen molar-refractivity contribution in [2.75, 3.05) is 16.2 Å². The van der Waals surface area contributed by atoms with Crippen LogP contribution in [0.25, 0.3) is 0 Å². The lowest BCUT2D eigenvalue weighted by atomic mass is 10.2. The van der Waals surface area contributed by atoms with E-state index in [1.165, 1.54) is 4.31 Å². The number of benzene rings is 1. The number of aryl methyl sites for hydroxylation is 1. The normalized spacial score (nSPS) is 11.3. The number of carbonyl (C=O) groups excluding carboxylic acids is 1. The van der Waals surface area contributed by atoms with Gasteiger partial charge in [0.05, 0.1) is 5.69 Å². The summed E-state index contributed by atoms with van der Waals surface area (Å²) >= 11 is 0.841. The molecule has 0 saturated carbocycles. The van der Waals surface area contributed by atoms with Crippen LogP contribution in [0.5, 0.6) is 0 Å². The Balaban J connectivity index is 2.32. The van der Waals surface area contributed by atoms with Crippen molar-refractivity contribution < 1.29 is 13.2 Å². The molecular weight excluding hydrogens is 336 g/mol. The van der Waals surface area contributed by atoms with Crippen molar-refractivity contribution in [1.29, 1.82) is 0 Å². The Kier molecular flexibility index (Phi) is 5.32. The van der Waals surface area contributed by atoms with E-state index in [0.717, 1.165) is 16.9 Å². The Morgan fingerprint density at radius 3 is 2.43 bits per heavy atom. The maximum absolute atomic E-state index is 12.7. The SMILES string of the molecule is CCC(=O)Nc1nnc(S(=O)(=O)N(CC)c2ccc(C)cc2)s1. The molecule has 9 heteroatoms. The summed E-state index contributed by atoms with van der Waals surface area (Å²) in [4.78, 5) is 11.4. The number of hydrogen-bond donors (Lipinski definition) is 1. The standard InChI is InChI=1S/C14H18N4O3S2/c1-4-12(19)15-13-16-17-14(22-13)23(20,21)18(5-2)11-8-6-10(3)7-9-11/h6-9H,4-5H2,1-3H3,(H,15,16,19). The van der Waals surface area contributed by atoms with Crippen LogP contribution in [0.4, 0.5) is 10.8 Å². The van der Waals surface area contributed by atoms with Gasteiger partial charge in [-0.2, -0.15) is 8.42 Å². The second kappa shape index (κ2) is 7.05. The van der Waals surface area contributed by atoms with Crippen molar-refractivity contribution in [3.05, 3.63) is 29.8 Å². The Morgan fingerprint density at radius 1 is 1.22 bits per heavy atom. The zero-order valence-electron chi connectivity index (χ0n) is 13.1. The van der Waals surface area contributed by atoms with Crippen molar-refractivity contribution in [2.24, 2.45) is 0 Å². The van der Waals surface area contributed by atoms with E-state index in [1.54, 1.807) is 26.0 Å². The largest absolute Gasteiger partial charge is 0.301 e. The number of sulfonamides is 1. The number of aromatic nitrogens is 2. The lowest BCUT2D eigenvalue weighted by Gasteiger charge is -2.21. The van der Waals surface area contributed by atoms with Crippen LogP contribution in [0.2, 0.25) is 0 Å². The molecule has 124 valence electrons. The van der Waals surface area contributed by atoms with Gasteiger partial charge in [0.2, 0.25) is 11.0 Å². The van der Waals surface area contributed by atoms with Crippen LogP contribution in [0.1, 0.15) is 25.8 Å². The summed E-state index contributed by atoms with van der Waals surface area (Å²) in [6.45, 7) is 5.64. The second-order valence-corrected chi connectivity index (χ2v) is 7.79. The van der Waals surface area contributed by atoms with E-state index in [0.29, 0.717) is 5.69 Å². The average molecular weight is 354 g/mol. The number of amides is 1. The topological polar surface area (TPSA) is 92.3 Å². The van der Waals surface area contributed by atoms with E-state index in [4.69, 9.17) is 0 Å². The minimum Gasteiger partial charge on any atom is -0.301 e. The lowest BCUT2D eigenvalue weighted by Crippen LogP contribution is -2.30. The molecule has 0 radical (unpaired) electrons. The average Bonchev–Trinajstić information content (AvgIpc) is 2.99. The van der Waals surface area contributed by atoms with E-state index in [9.17, 15) is 13.2 Å². The monoisotopic (exact) mass is 354 g/mol. The van der Waals surface area contributed by atoms with Gasteiger partial charge >= 0.3 is 0 Å². The van der Waals surface area contributed by atoms with Gasteiger partial charge in [0.1, 0.15) is 0 Å². The molecular formula is C14H18N4O3S2. The highest BCUT2D eigenvalue weighted by atomic mass is 32.2.